The van der Waals surface area contributed by atoms with Crippen molar-refractivity contribution < 1.29 is 4.79 Å². The molecule has 1 amide bonds. The summed E-state index contributed by atoms with van der Waals surface area (Å²) >= 11 is 1.68. The van der Waals surface area contributed by atoms with Gasteiger partial charge in [-0.2, -0.15) is 0 Å². The van der Waals surface area contributed by atoms with Crippen LogP contribution >= 0.6 is 11.3 Å². The first-order valence-electron chi connectivity index (χ1n) is 7.44. The van der Waals surface area contributed by atoms with Crippen LogP contribution in [0.3, 0.4) is 0 Å². The Balaban J connectivity index is 1.76. The summed E-state index contributed by atoms with van der Waals surface area (Å²) in [5.41, 5.74) is 5.63. The first kappa shape index (κ1) is 15.5. The molecule has 0 radical (unpaired) electrons. The monoisotopic (exact) mass is 295 g/mol. The average molecular weight is 295 g/mol. The minimum Gasteiger partial charge on any atom is -0.348 e. The molecule has 2 rings (SSSR count). The van der Waals surface area contributed by atoms with E-state index in [0.29, 0.717) is 12.5 Å². The Morgan fingerprint density at radius 2 is 2.50 bits per heavy atom. The van der Waals surface area contributed by atoms with Gasteiger partial charge in [0.15, 0.2) is 0 Å². The van der Waals surface area contributed by atoms with Gasteiger partial charge in [-0.1, -0.05) is 6.07 Å². The number of hydrogen-bond acceptors (Lipinski definition) is 4. The van der Waals surface area contributed by atoms with Crippen LogP contribution in [0, 0.1) is 5.92 Å². The van der Waals surface area contributed by atoms with Crippen molar-refractivity contribution in [2.45, 2.75) is 32.2 Å². The molecule has 0 aromatic carbocycles. The predicted octanol–water partition coefficient (Wildman–Crippen LogP) is 1.99. The fourth-order valence-electron chi connectivity index (χ4n) is 2.87. The Bertz CT molecular complexity index is 405. The van der Waals surface area contributed by atoms with Crippen LogP contribution in [0.5, 0.6) is 0 Å². The molecule has 0 bridgehead atoms. The second-order valence-electron chi connectivity index (χ2n) is 5.63. The molecule has 0 spiro atoms. The van der Waals surface area contributed by atoms with Crippen LogP contribution in [0.1, 0.15) is 37.1 Å². The fourth-order valence-corrected chi connectivity index (χ4v) is 3.60. The van der Waals surface area contributed by atoms with Gasteiger partial charge in [0.1, 0.15) is 0 Å². The zero-order chi connectivity index (χ0) is 14.4. The van der Waals surface area contributed by atoms with E-state index in [4.69, 9.17) is 5.73 Å². The third kappa shape index (κ3) is 4.58. The lowest BCUT2D eigenvalue weighted by atomic mass is 9.95. The lowest BCUT2D eigenvalue weighted by Crippen LogP contribution is -2.43. The van der Waals surface area contributed by atoms with Crippen molar-refractivity contribution in [1.82, 2.24) is 10.2 Å². The van der Waals surface area contributed by atoms with Crippen LogP contribution in [0.15, 0.2) is 17.5 Å². The minimum absolute atomic E-state index is 0.104. The fraction of sp³-hybridized carbons (Fsp3) is 0.667. The molecular formula is C15H25N3OS. The Labute approximate surface area is 125 Å². The maximum atomic E-state index is 12.1. The lowest BCUT2D eigenvalue weighted by Gasteiger charge is -2.32. The standard InChI is InChI=1S/C15H25N3OS/c1-12(14-5-3-9-20-14)17-15(19)11-18-8-2-4-13(10-18)6-7-16/h3,5,9,12-13H,2,4,6-8,10-11,16H2,1H3,(H,17,19). The van der Waals surface area contributed by atoms with Gasteiger partial charge in [0, 0.05) is 11.4 Å². The second-order valence-corrected chi connectivity index (χ2v) is 6.60. The number of nitrogens with two attached hydrogens (primary N) is 1. The highest BCUT2D eigenvalue weighted by Crippen LogP contribution is 2.20. The van der Waals surface area contributed by atoms with E-state index in [1.165, 1.54) is 17.7 Å². The smallest absolute Gasteiger partial charge is 0.234 e. The summed E-state index contributed by atoms with van der Waals surface area (Å²) in [6.07, 6.45) is 3.50. The van der Waals surface area contributed by atoms with Crippen LogP contribution in [0.25, 0.3) is 0 Å². The zero-order valence-electron chi connectivity index (χ0n) is 12.2. The van der Waals surface area contributed by atoms with E-state index >= 15 is 0 Å². The van der Waals surface area contributed by atoms with Crippen molar-refractivity contribution in [3.05, 3.63) is 22.4 Å². The summed E-state index contributed by atoms with van der Waals surface area (Å²) in [6, 6.07) is 4.19. The normalized spacial score (nSPS) is 21.6. The quantitative estimate of drug-likeness (QED) is 0.844. The number of nitrogens with one attached hydrogen (secondary N) is 1. The maximum Gasteiger partial charge on any atom is 0.234 e. The van der Waals surface area contributed by atoms with Crippen LogP contribution in [-0.4, -0.2) is 37.0 Å². The summed E-state index contributed by atoms with van der Waals surface area (Å²) < 4.78 is 0. The topological polar surface area (TPSA) is 58.4 Å². The van der Waals surface area contributed by atoms with Gasteiger partial charge in [-0.05, 0) is 56.6 Å². The zero-order valence-corrected chi connectivity index (χ0v) is 13.0. The van der Waals surface area contributed by atoms with Gasteiger partial charge in [-0.3, -0.25) is 9.69 Å². The van der Waals surface area contributed by atoms with Crippen LogP contribution < -0.4 is 11.1 Å². The van der Waals surface area contributed by atoms with Gasteiger partial charge in [0.25, 0.3) is 0 Å². The molecule has 1 aromatic heterocycles. The number of carbonyl (C=O) groups excluding carboxylic acids is 1. The Morgan fingerprint density at radius 1 is 1.65 bits per heavy atom. The van der Waals surface area contributed by atoms with Crippen molar-refractivity contribution in [3.8, 4) is 0 Å². The summed E-state index contributed by atoms with van der Waals surface area (Å²) in [4.78, 5) is 15.6. The van der Waals surface area contributed by atoms with Crippen molar-refractivity contribution >= 4 is 17.2 Å². The van der Waals surface area contributed by atoms with Gasteiger partial charge in [-0.15, -0.1) is 11.3 Å². The summed E-state index contributed by atoms with van der Waals surface area (Å²) in [6.45, 7) is 5.34. The highest BCUT2D eigenvalue weighted by Gasteiger charge is 2.21. The van der Waals surface area contributed by atoms with E-state index in [1.807, 2.05) is 18.4 Å². The van der Waals surface area contributed by atoms with E-state index in [0.717, 1.165) is 26.1 Å². The van der Waals surface area contributed by atoms with Gasteiger partial charge >= 0.3 is 0 Å². The van der Waals surface area contributed by atoms with Gasteiger partial charge in [0.2, 0.25) is 5.91 Å². The van der Waals surface area contributed by atoms with Gasteiger partial charge < -0.3 is 11.1 Å². The molecule has 1 fully saturated rings. The molecular weight excluding hydrogens is 270 g/mol. The molecule has 2 heterocycles. The lowest BCUT2D eigenvalue weighted by molar-refractivity contribution is -0.123. The number of rotatable bonds is 6. The Hall–Kier alpha value is -0.910. The number of nitrogens with zero attached hydrogens (tertiary/aromatic N) is 1. The van der Waals surface area contributed by atoms with Crippen LogP contribution in [0.2, 0.25) is 0 Å². The Kier molecular flexibility index (Phi) is 6.01. The van der Waals surface area contributed by atoms with Crippen molar-refractivity contribution in [2.75, 3.05) is 26.2 Å². The number of likely N-dealkylation sites (tertiary alicyclic amines) is 1. The second kappa shape index (κ2) is 7.76. The van der Waals surface area contributed by atoms with Crippen molar-refractivity contribution in [2.24, 2.45) is 11.7 Å². The van der Waals surface area contributed by atoms with E-state index in [1.54, 1.807) is 11.3 Å². The molecule has 5 heteroatoms. The SMILES string of the molecule is CC(NC(=O)CN1CCCC(CCN)C1)c1cccs1. The Morgan fingerprint density at radius 3 is 3.20 bits per heavy atom. The molecule has 0 saturated carbocycles. The number of piperidine rings is 1. The number of hydrogen-bond donors (Lipinski definition) is 2. The minimum atomic E-state index is 0.104. The molecule has 3 N–H and O–H groups in total. The maximum absolute atomic E-state index is 12.1. The number of thiophene rings is 1. The summed E-state index contributed by atoms with van der Waals surface area (Å²) in [5, 5.41) is 5.12. The van der Waals surface area contributed by atoms with Crippen LogP contribution in [-0.2, 0) is 4.79 Å². The highest BCUT2D eigenvalue weighted by molar-refractivity contribution is 7.10. The first-order chi connectivity index (χ1) is 9.69. The third-order valence-electron chi connectivity index (χ3n) is 3.89. The number of amides is 1. The molecule has 1 aliphatic heterocycles. The van der Waals surface area contributed by atoms with E-state index < -0.39 is 0 Å². The van der Waals surface area contributed by atoms with Crippen molar-refractivity contribution in [3.63, 3.8) is 0 Å². The molecule has 1 aromatic rings. The third-order valence-corrected chi connectivity index (χ3v) is 4.95. The molecule has 1 aliphatic rings. The molecule has 2 unspecified atom stereocenters. The van der Waals surface area contributed by atoms with E-state index in [-0.39, 0.29) is 11.9 Å². The first-order valence-corrected chi connectivity index (χ1v) is 8.32. The molecule has 112 valence electrons. The number of carbonyl (C=O) groups is 1. The molecule has 4 nitrogen and oxygen atoms in total. The molecule has 20 heavy (non-hydrogen) atoms. The molecule has 1 saturated heterocycles. The summed E-state index contributed by atoms with van der Waals surface area (Å²) in [7, 11) is 0. The average Bonchev–Trinajstić information content (AvgIpc) is 2.93. The highest BCUT2D eigenvalue weighted by atomic mass is 32.1. The van der Waals surface area contributed by atoms with E-state index in [9.17, 15) is 4.79 Å². The molecule has 0 aliphatic carbocycles. The van der Waals surface area contributed by atoms with E-state index in [2.05, 4.69) is 16.3 Å². The van der Waals surface area contributed by atoms with Gasteiger partial charge in [-0.25, -0.2) is 0 Å². The van der Waals surface area contributed by atoms with Gasteiger partial charge in [0.05, 0.1) is 12.6 Å². The van der Waals surface area contributed by atoms with Crippen molar-refractivity contribution in [1.29, 1.82) is 0 Å². The molecule has 2 atom stereocenters. The predicted molar refractivity (Wildman–Crippen MR) is 83.7 cm³/mol. The summed E-state index contributed by atoms with van der Waals surface area (Å²) in [5.74, 6) is 0.788. The van der Waals surface area contributed by atoms with Crippen LogP contribution in [0.4, 0.5) is 0 Å². The largest absolute Gasteiger partial charge is 0.348 e.